The Morgan fingerprint density at radius 3 is 2.04 bits per heavy atom. The smallest absolute Gasteiger partial charge is 0.261 e. The van der Waals surface area contributed by atoms with Crippen LogP contribution in [0.2, 0.25) is 0 Å². The largest absolute Gasteiger partial charge is 0.493 e. The summed E-state index contributed by atoms with van der Waals surface area (Å²) >= 11 is 0. The quantitative estimate of drug-likeness (QED) is 0.0276. The van der Waals surface area contributed by atoms with Gasteiger partial charge in [-0.1, -0.05) is 83.7 Å². The number of para-hydroxylation sites is 2. The molecule has 10 rings (SSSR count). The molecule has 2 atom stereocenters. The molecule has 4 aliphatic heterocycles. The van der Waals surface area contributed by atoms with Crippen molar-refractivity contribution < 1.29 is 47.5 Å². The van der Waals surface area contributed by atoms with Gasteiger partial charge in [-0.15, -0.1) is 0 Å². The molecule has 1 fully saturated rings. The molecule has 5 aliphatic rings. The lowest BCUT2D eigenvalue weighted by Crippen LogP contribution is -2.49. The number of fused-ring (bicyclic) bond motifs is 8. The van der Waals surface area contributed by atoms with Crippen LogP contribution in [0.1, 0.15) is 122 Å². The Hall–Kier alpha value is -6.44. The van der Waals surface area contributed by atoms with Crippen molar-refractivity contribution in [2.75, 3.05) is 99.8 Å². The first-order valence-corrected chi connectivity index (χ1v) is 32.5. The summed E-state index contributed by atoms with van der Waals surface area (Å²) in [6.07, 6.45) is 12.0. The standard InChI is InChI=1S/C67H84N6O10S2/c1-66(2,85-84-30-16-23-63(74)70-67(3,4)49-19-10-8-9-11-20-49)44-71(24-25-80-28-29-81-27-26-77-5)50-32-45(42-82-61-38-55-53(36-59(61)78-6)64(75)72-51(40-68-55)34-47-17-12-14-21-57(47)72)31-46(33-50)43-83-62-39-56-54(37-60(62)79-7)65(76)73-52(41-69-56)35-48-18-13-15-22-58(48)73/h12-15,17-18,21-22,31-33,36-40,49,51-52,69H,8-11,16,19-20,23-30,34-35,41-44H2,1-7H3,(H,70,74)/t51-,52-/m0/s1. The minimum atomic E-state index is -0.248. The molecule has 0 saturated heterocycles. The normalized spacial score (nSPS) is 17.3. The highest BCUT2D eigenvalue weighted by Crippen LogP contribution is 2.44. The van der Waals surface area contributed by atoms with Crippen molar-refractivity contribution in [3.8, 4) is 23.0 Å². The molecule has 454 valence electrons. The first-order chi connectivity index (χ1) is 41.2. The number of methoxy groups -OCH3 is 3. The van der Waals surface area contributed by atoms with E-state index < -0.39 is 0 Å². The molecular weight excluding hydrogens is 1110 g/mol. The predicted molar refractivity (Wildman–Crippen MR) is 342 cm³/mol. The van der Waals surface area contributed by atoms with Gasteiger partial charge in [0, 0.05) is 91.0 Å². The molecule has 0 bridgehead atoms. The summed E-state index contributed by atoms with van der Waals surface area (Å²) in [4.78, 5) is 52.9. The molecule has 0 unspecified atom stereocenters. The molecule has 0 spiro atoms. The number of nitrogens with one attached hydrogen (secondary N) is 2. The zero-order valence-corrected chi connectivity index (χ0v) is 52.1. The number of benzene rings is 5. The second-order valence-electron chi connectivity index (χ2n) is 23.9. The molecule has 5 aromatic carbocycles. The summed E-state index contributed by atoms with van der Waals surface area (Å²) < 4.78 is 42.2. The lowest BCUT2D eigenvalue weighted by atomic mass is 9.82. The van der Waals surface area contributed by atoms with Gasteiger partial charge < -0.3 is 53.6 Å². The van der Waals surface area contributed by atoms with Gasteiger partial charge in [-0.25, -0.2) is 0 Å². The van der Waals surface area contributed by atoms with Crippen LogP contribution in [0.4, 0.5) is 28.4 Å². The zero-order chi connectivity index (χ0) is 59.5. The van der Waals surface area contributed by atoms with Gasteiger partial charge in [-0.05, 0) is 124 Å². The van der Waals surface area contributed by atoms with E-state index in [9.17, 15) is 14.4 Å². The number of anilines is 4. The Labute approximate surface area is 509 Å². The van der Waals surface area contributed by atoms with Crippen molar-refractivity contribution in [2.45, 2.75) is 127 Å². The minimum Gasteiger partial charge on any atom is -0.493 e. The summed E-state index contributed by atoms with van der Waals surface area (Å²) in [7, 11) is 8.46. The van der Waals surface area contributed by atoms with Crippen molar-refractivity contribution in [3.05, 3.63) is 124 Å². The molecule has 85 heavy (non-hydrogen) atoms. The Balaban J connectivity index is 0.896. The predicted octanol–water partition coefficient (Wildman–Crippen LogP) is 12.4. The van der Waals surface area contributed by atoms with Crippen LogP contribution in [0.25, 0.3) is 0 Å². The van der Waals surface area contributed by atoms with E-state index in [0.29, 0.717) is 117 Å². The van der Waals surface area contributed by atoms with Gasteiger partial charge in [0.2, 0.25) is 5.91 Å². The monoisotopic (exact) mass is 1200 g/mol. The number of amides is 3. The molecule has 0 radical (unpaired) electrons. The lowest BCUT2D eigenvalue weighted by molar-refractivity contribution is -0.123. The van der Waals surface area contributed by atoms with Crippen molar-refractivity contribution in [1.82, 2.24) is 5.32 Å². The number of hydrogen-bond acceptors (Lipinski definition) is 15. The fraction of sp³-hybridized carbons (Fsp3) is 0.493. The highest BCUT2D eigenvalue weighted by atomic mass is 33.1. The Kier molecular flexibility index (Phi) is 20.6. The zero-order valence-electron chi connectivity index (χ0n) is 50.5. The number of rotatable bonds is 28. The maximum atomic E-state index is 14.3. The fourth-order valence-electron chi connectivity index (χ4n) is 12.5. The summed E-state index contributed by atoms with van der Waals surface area (Å²) in [5.74, 6) is 3.07. The van der Waals surface area contributed by atoms with E-state index in [0.717, 1.165) is 57.9 Å². The first-order valence-electron chi connectivity index (χ1n) is 30.2. The average molecular weight is 1200 g/mol. The van der Waals surface area contributed by atoms with Crippen LogP contribution in [0, 0.1) is 5.92 Å². The lowest BCUT2D eigenvalue weighted by Gasteiger charge is -2.35. The second-order valence-corrected chi connectivity index (χ2v) is 27.0. The second kappa shape index (κ2) is 28.4. The summed E-state index contributed by atoms with van der Waals surface area (Å²) in [5.41, 5.74) is 8.73. The number of ether oxygens (including phenoxy) is 7. The van der Waals surface area contributed by atoms with Gasteiger partial charge in [0.1, 0.15) is 13.2 Å². The topological polar surface area (TPSA) is 162 Å². The average Bonchev–Trinajstić information content (AvgIpc) is 2.12. The van der Waals surface area contributed by atoms with E-state index in [1.807, 2.05) is 69.3 Å². The molecular formula is C67H84N6O10S2. The number of nitrogens with zero attached hydrogens (tertiary/aromatic N) is 4. The van der Waals surface area contributed by atoms with Crippen LogP contribution in [-0.4, -0.2) is 126 Å². The van der Waals surface area contributed by atoms with Gasteiger partial charge in [0.05, 0.1) is 81.8 Å². The fourth-order valence-corrected chi connectivity index (χ4v) is 15.0. The van der Waals surface area contributed by atoms with Crippen molar-refractivity contribution in [1.29, 1.82) is 0 Å². The van der Waals surface area contributed by atoms with Crippen molar-refractivity contribution in [3.63, 3.8) is 0 Å². The van der Waals surface area contributed by atoms with Crippen LogP contribution in [-0.2, 0) is 45.1 Å². The number of carbonyl (C=O) groups is 3. The molecule has 0 aromatic heterocycles. The Morgan fingerprint density at radius 2 is 1.34 bits per heavy atom. The summed E-state index contributed by atoms with van der Waals surface area (Å²) in [6, 6.07) is 29.4. The number of carbonyl (C=O) groups excluding carboxylic acids is 3. The molecule has 1 saturated carbocycles. The van der Waals surface area contributed by atoms with E-state index in [1.54, 1.807) is 50.3 Å². The molecule has 2 N–H and O–H groups in total. The Morgan fingerprint density at radius 1 is 0.718 bits per heavy atom. The van der Waals surface area contributed by atoms with Gasteiger partial charge >= 0.3 is 0 Å². The van der Waals surface area contributed by atoms with Crippen molar-refractivity contribution >= 4 is 74.0 Å². The summed E-state index contributed by atoms with van der Waals surface area (Å²) in [6.45, 7) is 13.4. The maximum absolute atomic E-state index is 14.3. The van der Waals surface area contributed by atoms with Crippen molar-refractivity contribution in [2.24, 2.45) is 10.9 Å². The Bertz CT molecular complexity index is 3180. The van der Waals surface area contributed by atoms with E-state index in [2.05, 4.69) is 73.6 Å². The number of hydrogen-bond donors (Lipinski definition) is 2. The van der Waals surface area contributed by atoms with E-state index in [-0.39, 0.29) is 53.3 Å². The molecule has 18 heteroatoms. The molecule has 1 aliphatic carbocycles. The van der Waals surface area contributed by atoms with E-state index in [1.165, 1.54) is 38.5 Å². The molecule has 4 heterocycles. The third-order valence-electron chi connectivity index (χ3n) is 16.8. The highest BCUT2D eigenvalue weighted by Gasteiger charge is 2.39. The minimum absolute atomic E-state index is 0.0244. The van der Waals surface area contributed by atoms with Crippen LogP contribution in [0.15, 0.2) is 96.0 Å². The molecule has 3 amide bonds. The van der Waals surface area contributed by atoms with Gasteiger partial charge in [-0.2, -0.15) is 0 Å². The third kappa shape index (κ3) is 15.0. The van der Waals surface area contributed by atoms with Crippen LogP contribution >= 0.6 is 21.6 Å². The summed E-state index contributed by atoms with van der Waals surface area (Å²) in [5, 5.41) is 6.97. The SMILES string of the molecule is COCCOCCOCCN(CC(C)(C)SSCCCC(=O)NC(C)(C)C1CCCCCC1)c1cc(COc2cc3c(cc2OC)C(=O)N2c4ccccc4C[C@H]2C=N3)cc(COc2cc3c(cc2OC)C(=O)N2c4ccccc4C[C@H]2CN3)c1. The van der Waals surface area contributed by atoms with Crippen LogP contribution in [0.3, 0.4) is 0 Å². The number of aliphatic imine (C=N–C) groups is 1. The maximum Gasteiger partial charge on any atom is 0.261 e. The van der Waals surface area contributed by atoms with Crippen LogP contribution < -0.4 is 44.3 Å². The van der Waals surface area contributed by atoms with E-state index in [4.69, 9.17) is 38.2 Å². The third-order valence-corrected chi connectivity index (χ3v) is 20.2. The molecule has 16 nitrogen and oxygen atoms in total. The van der Waals surface area contributed by atoms with Gasteiger partial charge in [0.25, 0.3) is 11.8 Å². The van der Waals surface area contributed by atoms with Gasteiger partial charge in [-0.3, -0.25) is 24.3 Å². The van der Waals surface area contributed by atoms with Gasteiger partial charge in [0.15, 0.2) is 23.0 Å². The van der Waals surface area contributed by atoms with Crippen LogP contribution in [0.5, 0.6) is 23.0 Å². The molecule has 5 aromatic rings. The first kappa shape index (κ1) is 61.6. The van der Waals surface area contributed by atoms with E-state index >= 15 is 0 Å². The highest BCUT2D eigenvalue weighted by molar-refractivity contribution is 8.77.